The monoisotopic (exact) mass is 249 g/mol. The van der Waals surface area contributed by atoms with E-state index in [9.17, 15) is 9.59 Å². The van der Waals surface area contributed by atoms with Crippen LogP contribution >= 0.6 is 0 Å². The van der Waals surface area contributed by atoms with Crippen molar-refractivity contribution in [3.8, 4) is 0 Å². The van der Waals surface area contributed by atoms with Crippen LogP contribution in [0, 0.1) is 0 Å². The van der Waals surface area contributed by atoms with Crippen LogP contribution in [0.3, 0.4) is 0 Å². The van der Waals surface area contributed by atoms with Crippen LogP contribution in [-0.2, 0) is 0 Å². The summed E-state index contributed by atoms with van der Waals surface area (Å²) in [4.78, 5) is 23.0. The van der Waals surface area contributed by atoms with E-state index in [1.54, 1.807) is 31.3 Å². The van der Waals surface area contributed by atoms with Gasteiger partial charge in [-0.2, -0.15) is 0 Å². The van der Waals surface area contributed by atoms with Crippen LogP contribution in [0.4, 0.5) is 10.5 Å². The minimum atomic E-state index is -0.265. The van der Waals surface area contributed by atoms with Gasteiger partial charge in [0.05, 0.1) is 0 Å². The third kappa shape index (κ3) is 4.08. The summed E-state index contributed by atoms with van der Waals surface area (Å²) in [6, 6.07) is 6.64. The molecule has 18 heavy (non-hydrogen) atoms. The number of hydrogen-bond acceptors (Lipinski definition) is 2. The second-order valence-corrected chi connectivity index (χ2v) is 4.07. The van der Waals surface area contributed by atoms with Gasteiger partial charge >= 0.3 is 6.03 Å². The van der Waals surface area contributed by atoms with E-state index < -0.39 is 0 Å². The van der Waals surface area contributed by atoms with E-state index in [0.717, 1.165) is 6.42 Å². The molecule has 0 saturated heterocycles. The van der Waals surface area contributed by atoms with Gasteiger partial charge in [0.2, 0.25) is 0 Å². The Morgan fingerprint density at radius 2 is 2.06 bits per heavy atom. The molecule has 1 unspecified atom stereocenters. The molecule has 98 valence electrons. The highest BCUT2D eigenvalue weighted by atomic mass is 16.2. The summed E-state index contributed by atoms with van der Waals surface area (Å²) in [5.74, 6) is -0.180. The Bertz CT molecular complexity index is 432. The number of amides is 3. The summed E-state index contributed by atoms with van der Waals surface area (Å²) in [6.45, 7) is 3.93. The molecule has 3 N–H and O–H groups in total. The quantitative estimate of drug-likeness (QED) is 0.763. The standard InChI is InChI=1S/C13H19N3O2/c1-4-9(2)15-13(18)16-11-7-5-6-10(8-11)12(17)14-3/h5-9H,4H2,1-3H3,(H,14,17)(H2,15,16,18). The maximum atomic E-state index is 11.6. The van der Waals surface area contributed by atoms with Crippen molar-refractivity contribution in [2.75, 3.05) is 12.4 Å². The molecule has 0 heterocycles. The molecule has 0 aliphatic carbocycles. The molecule has 0 fully saturated rings. The van der Waals surface area contributed by atoms with E-state index in [2.05, 4.69) is 16.0 Å². The zero-order valence-electron chi connectivity index (χ0n) is 10.9. The molecule has 0 aromatic heterocycles. The molecule has 0 spiro atoms. The number of carbonyl (C=O) groups excluding carboxylic acids is 2. The first-order valence-electron chi connectivity index (χ1n) is 5.96. The van der Waals surface area contributed by atoms with Gasteiger partial charge in [0.1, 0.15) is 0 Å². The van der Waals surface area contributed by atoms with Crippen LogP contribution in [0.15, 0.2) is 24.3 Å². The lowest BCUT2D eigenvalue weighted by molar-refractivity contribution is 0.0963. The summed E-state index contributed by atoms with van der Waals surface area (Å²) in [5.41, 5.74) is 1.11. The van der Waals surface area contributed by atoms with E-state index in [-0.39, 0.29) is 18.0 Å². The van der Waals surface area contributed by atoms with Crippen molar-refractivity contribution >= 4 is 17.6 Å². The van der Waals surface area contributed by atoms with Gasteiger partial charge in [-0.05, 0) is 31.5 Å². The van der Waals surface area contributed by atoms with Crippen molar-refractivity contribution in [2.45, 2.75) is 26.3 Å². The average molecular weight is 249 g/mol. The summed E-state index contributed by atoms with van der Waals surface area (Å²) in [5, 5.41) is 8.02. The Hall–Kier alpha value is -2.04. The molecule has 5 nitrogen and oxygen atoms in total. The van der Waals surface area contributed by atoms with Crippen molar-refractivity contribution in [2.24, 2.45) is 0 Å². The molecule has 0 radical (unpaired) electrons. The molecular formula is C13H19N3O2. The van der Waals surface area contributed by atoms with Crippen LogP contribution in [0.5, 0.6) is 0 Å². The lowest BCUT2D eigenvalue weighted by Crippen LogP contribution is -2.35. The van der Waals surface area contributed by atoms with Crippen molar-refractivity contribution in [3.05, 3.63) is 29.8 Å². The number of benzene rings is 1. The first-order valence-corrected chi connectivity index (χ1v) is 5.96. The SMILES string of the molecule is CCC(C)NC(=O)Nc1cccc(C(=O)NC)c1. The maximum Gasteiger partial charge on any atom is 0.319 e. The Morgan fingerprint density at radius 3 is 2.67 bits per heavy atom. The maximum absolute atomic E-state index is 11.6. The molecule has 1 rings (SSSR count). The summed E-state index contributed by atoms with van der Waals surface area (Å²) in [7, 11) is 1.57. The second kappa shape index (κ2) is 6.64. The lowest BCUT2D eigenvalue weighted by atomic mass is 10.2. The molecule has 0 bridgehead atoms. The van der Waals surface area contributed by atoms with E-state index in [4.69, 9.17) is 0 Å². The second-order valence-electron chi connectivity index (χ2n) is 4.07. The van der Waals surface area contributed by atoms with Crippen molar-refractivity contribution in [3.63, 3.8) is 0 Å². The first kappa shape index (κ1) is 14.0. The van der Waals surface area contributed by atoms with Crippen molar-refractivity contribution in [1.29, 1.82) is 0 Å². The predicted octanol–water partition coefficient (Wildman–Crippen LogP) is 1.97. The highest BCUT2D eigenvalue weighted by Crippen LogP contribution is 2.10. The van der Waals surface area contributed by atoms with Crippen molar-refractivity contribution < 1.29 is 9.59 Å². The molecule has 0 aliphatic rings. The summed E-state index contributed by atoms with van der Waals surface area (Å²) in [6.07, 6.45) is 0.867. The van der Waals surface area contributed by atoms with Gasteiger partial charge in [0, 0.05) is 24.3 Å². The third-order valence-corrected chi connectivity index (χ3v) is 2.60. The minimum Gasteiger partial charge on any atom is -0.355 e. The molecule has 5 heteroatoms. The zero-order chi connectivity index (χ0) is 13.5. The number of rotatable bonds is 4. The number of hydrogen-bond donors (Lipinski definition) is 3. The lowest BCUT2D eigenvalue weighted by Gasteiger charge is -2.12. The number of carbonyl (C=O) groups is 2. The van der Waals surface area contributed by atoms with Gasteiger partial charge in [0.15, 0.2) is 0 Å². The molecule has 0 aliphatic heterocycles. The molecule has 0 saturated carbocycles. The summed E-state index contributed by atoms with van der Waals surface area (Å²) >= 11 is 0. The van der Waals surface area contributed by atoms with E-state index >= 15 is 0 Å². The minimum absolute atomic E-state index is 0.118. The van der Waals surface area contributed by atoms with Crippen LogP contribution < -0.4 is 16.0 Å². The fourth-order valence-corrected chi connectivity index (χ4v) is 1.38. The Balaban J connectivity index is 2.67. The van der Waals surface area contributed by atoms with Gasteiger partial charge in [-0.15, -0.1) is 0 Å². The largest absolute Gasteiger partial charge is 0.355 e. The van der Waals surface area contributed by atoms with Crippen LogP contribution in [-0.4, -0.2) is 25.0 Å². The fourth-order valence-electron chi connectivity index (χ4n) is 1.38. The Kier molecular flexibility index (Phi) is 5.17. The van der Waals surface area contributed by atoms with Gasteiger partial charge < -0.3 is 16.0 Å². The normalized spacial score (nSPS) is 11.5. The van der Waals surface area contributed by atoms with Gasteiger partial charge in [-0.25, -0.2) is 4.79 Å². The highest BCUT2D eigenvalue weighted by molar-refractivity contribution is 5.96. The molecule has 3 amide bonds. The number of urea groups is 1. The number of anilines is 1. The zero-order valence-corrected chi connectivity index (χ0v) is 10.9. The van der Waals surface area contributed by atoms with Crippen molar-refractivity contribution in [1.82, 2.24) is 10.6 Å². The predicted molar refractivity (Wildman–Crippen MR) is 71.7 cm³/mol. The smallest absolute Gasteiger partial charge is 0.319 e. The van der Waals surface area contributed by atoms with Gasteiger partial charge in [0.25, 0.3) is 5.91 Å². The molecule has 1 aromatic rings. The fraction of sp³-hybridized carbons (Fsp3) is 0.385. The Labute approximate surface area is 107 Å². The van der Waals surface area contributed by atoms with Gasteiger partial charge in [-0.3, -0.25) is 4.79 Å². The first-order chi connectivity index (χ1) is 8.56. The van der Waals surface area contributed by atoms with Crippen LogP contribution in [0.25, 0.3) is 0 Å². The van der Waals surface area contributed by atoms with Gasteiger partial charge in [-0.1, -0.05) is 13.0 Å². The summed E-state index contributed by atoms with van der Waals surface area (Å²) < 4.78 is 0. The number of nitrogens with one attached hydrogen (secondary N) is 3. The Morgan fingerprint density at radius 1 is 1.33 bits per heavy atom. The molecule has 1 atom stereocenters. The molecule has 1 aromatic carbocycles. The average Bonchev–Trinajstić information content (AvgIpc) is 2.37. The van der Waals surface area contributed by atoms with E-state index in [0.29, 0.717) is 11.3 Å². The van der Waals surface area contributed by atoms with E-state index in [1.165, 1.54) is 0 Å². The molecular weight excluding hydrogens is 230 g/mol. The van der Waals surface area contributed by atoms with Crippen LogP contribution in [0.2, 0.25) is 0 Å². The highest BCUT2D eigenvalue weighted by Gasteiger charge is 2.07. The third-order valence-electron chi connectivity index (χ3n) is 2.60. The van der Waals surface area contributed by atoms with Crippen LogP contribution in [0.1, 0.15) is 30.6 Å². The topological polar surface area (TPSA) is 70.2 Å². The van der Waals surface area contributed by atoms with E-state index in [1.807, 2.05) is 13.8 Å².